The molecule has 0 spiro atoms. The molecule has 0 aromatic carbocycles. The molecule has 0 bridgehead atoms. The van der Waals surface area contributed by atoms with Gasteiger partial charge < -0.3 is 10.4 Å². The second-order valence-corrected chi connectivity index (χ2v) is 6.03. The first kappa shape index (κ1) is 11.0. The summed E-state index contributed by atoms with van der Waals surface area (Å²) in [4.78, 5) is 2.57. The molecule has 0 aromatic heterocycles. The molecule has 3 rings (SSSR count). The van der Waals surface area contributed by atoms with E-state index in [9.17, 15) is 5.11 Å². The smallest absolute Gasteiger partial charge is 0.0774 e. The highest BCUT2D eigenvalue weighted by molar-refractivity contribution is 4.96. The van der Waals surface area contributed by atoms with Crippen LogP contribution in [0.1, 0.15) is 38.5 Å². The molecule has 2 unspecified atom stereocenters. The lowest BCUT2D eigenvalue weighted by atomic mass is 9.90. The average Bonchev–Trinajstić information content (AvgIpc) is 2.87. The number of aliphatic hydroxyl groups is 1. The minimum atomic E-state index is -0.357. The third-order valence-corrected chi connectivity index (χ3v) is 4.83. The van der Waals surface area contributed by atoms with Gasteiger partial charge in [-0.1, -0.05) is 12.8 Å². The minimum absolute atomic E-state index is 0.357. The van der Waals surface area contributed by atoms with E-state index in [1.807, 2.05) is 0 Å². The molecule has 0 radical (unpaired) electrons. The SMILES string of the molecule is OC1(CN2CCCC3CNCC32)CCCC1. The van der Waals surface area contributed by atoms with Crippen LogP contribution in [0.15, 0.2) is 0 Å². The van der Waals surface area contributed by atoms with Gasteiger partial charge in [0.1, 0.15) is 0 Å². The van der Waals surface area contributed by atoms with Crippen LogP contribution >= 0.6 is 0 Å². The van der Waals surface area contributed by atoms with Crippen molar-refractivity contribution < 1.29 is 5.11 Å². The predicted molar refractivity (Wildman–Crippen MR) is 64.4 cm³/mol. The molecule has 2 saturated heterocycles. The fourth-order valence-corrected chi connectivity index (χ4v) is 3.93. The second kappa shape index (κ2) is 4.28. The summed E-state index contributed by atoms with van der Waals surface area (Å²) in [6.07, 6.45) is 7.18. The predicted octanol–water partition coefficient (Wildman–Crippen LogP) is 0.975. The molecule has 1 aliphatic carbocycles. The number of piperidine rings is 1. The molecule has 3 aliphatic rings. The molecule has 2 aliphatic heterocycles. The van der Waals surface area contributed by atoms with Crippen LogP contribution in [-0.4, -0.2) is 47.8 Å². The van der Waals surface area contributed by atoms with Gasteiger partial charge in [-0.2, -0.15) is 0 Å². The molecule has 2 N–H and O–H groups in total. The van der Waals surface area contributed by atoms with E-state index in [1.165, 1.54) is 38.8 Å². The van der Waals surface area contributed by atoms with Crippen molar-refractivity contribution in [1.29, 1.82) is 0 Å². The van der Waals surface area contributed by atoms with Crippen LogP contribution in [0.3, 0.4) is 0 Å². The second-order valence-electron chi connectivity index (χ2n) is 6.03. The number of fused-ring (bicyclic) bond motifs is 1. The maximum atomic E-state index is 10.5. The molecule has 1 saturated carbocycles. The third kappa shape index (κ3) is 2.01. The summed E-state index contributed by atoms with van der Waals surface area (Å²) in [6, 6.07) is 0.707. The van der Waals surface area contributed by atoms with Crippen molar-refractivity contribution in [2.45, 2.75) is 50.2 Å². The van der Waals surface area contributed by atoms with E-state index in [2.05, 4.69) is 10.2 Å². The van der Waals surface area contributed by atoms with E-state index < -0.39 is 0 Å². The summed E-state index contributed by atoms with van der Waals surface area (Å²) in [5, 5.41) is 14.0. The van der Waals surface area contributed by atoms with Gasteiger partial charge in [0.05, 0.1) is 5.60 Å². The highest BCUT2D eigenvalue weighted by atomic mass is 16.3. The zero-order valence-electron chi connectivity index (χ0n) is 10.1. The maximum Gasteiger partial charge on any atom is 0.0774 e. The molecular weight excluding hydrogens is 200 g/mol. The number of likely N-dealkylation sites (tertiary alicyclic amines) is 1. The molecule has 0 amide bonds. The topological polar surface area (TPSA) is 35.5 Å². The van der Waals surface area contributed by atoms with E-state index >= 15 is 0 Å². The number of hydrogen-bond donors (Lipinski definition) is 2. The van der Waals surface area contributed by atoms with Gasteiger partial charge in [0, 0.05) is 19.1 Å². The first-order valence-electron chi connectivity index (χ1n) is 6.94. The standard InChI is InChI=1S/C13H24N2O/c16-13(5-1-2-6-13)10-15-7-3-4-11-8-14-9-12(11)15/h11-12,14,16H,1-10H2. The number of hydrogen-bond acceptors (Lipinski definition) is 3. The minimum Gasteiger partial charge on any atom is -0.389 e. The van der Waals surface area contributed by atoms with Crippen LogP contribution < -0.4 is 5.32 Å². The Kier molecular flexibility index (Phi) is 2.94. The van der Waals surface area contributed by atoms with Crippen molar-refractivity contribution in [2.75, 3.05) is 26.2 Å². The van der Waals surface area contributed by atoms with Gasteiger partial charge in [-0.15, -0.1) is 0 Å². The fraction of sp³-hybridized carbons (Fsp3) is 1.00. The highest BCUT2D eigenvalue weighted by Crippen LogP contribution is 2.34. The number of rotatable bonds is 2. The van der Waals surface area contributed by atoms with Gasteiger partial charge in [-0.3, -0.25) is 4.90 Å². The first-order valence-corrected chi connectivity index (χ1v) is 6.94. The van der Waals surface area contributed by atoms with Crippen LogP contribution in [0.5, 0.6) is 0 Å². The van der Waals surface area contributed by atoms with Crippen molar-refractivity contribution in [3.05, 3.63) is 0 Å². The van der Waals surface area contributed by atoms with Crippen molar-refractivity contribution in [3.63, 3.8) is 0 Å². The molecule has 0 aromatic rings. The Balaban J connectivity index is 1.64. The zero-order chi connectivity index (χ0) is 11.0. The first-order chi connectivity index (χ1) is 7.77. The largest absolute Gasteiger partial charge is 0.389 e. The van der Waals surface area contributed by atoms with Crippen molar-refractivity contribution in [1.82, 2.24) is 10.2 Å². The van der Waals surface area contributed by atoms with Gasteiger partial charge in [-0.25, -0.2) is 0 Å². The van der Waals surface area contributed by atoms with Gasteiger partial charge in [0.15, 0.2) is 0 Å². The lowest BCUT2D eigenvalue weighted by molar-refractivity contribution is -0.0162. The van der Waals surface area contributed by atoms with Crippen molar-refractivity contribution in [3.8, 4) is 0 Å². The van der Waals surface area contributed by atoms with E-state index in [0.29, 0.717) is 6.04 Å². The number of β-amino-alcohol motifs (C(OH)–C–C–N with tert-alkyl or cyclic N) is 1. The Morgan fingerprint density at radius 1 is 1.19 bits per heavy atom. The average molecular weight is 224 g/mol. The van der Waals surface area contributed by atoms with E-state index in [4.69, 9.17) is 0 Å². The Morgan fingerprint density at radius 3 is 2.81 bits per heavy atom. The Hall–Kier alpha value is -0.120. The van der Waals surface area contributed by atoms with Crippen LogP contribution in [0.2, 0.25) is 0 Å². The molecule has 3 fully saturated rings. The van der Waals surface area contributed by atoms with E-state index in [0.717, 1.165) is 31.8 Å². The summed E-state index contributed by atoms with van der Waals surface area (Å²) < 4.78 is 0. The van der Waals surface area contributed by atoms with Gasteiger partial charge in [-0.05, 0) is 44.7 Å². The van der Waals surface area contributed by atoms with Crippen LogP contribution in [0, 0.1) is 5.92 Å². The van der Waals surface area contributed by atoms with Gasteiger partial charge in [0.25, 0.3) is 0 Å². The Bertz CT molecular complexity index is 250. The number of nitrogens with zero attached hydrogens (tertiary/aromatic N) is 1. The van der Waals surface area contributed by atoms with Gasteiger partial charge >= 0.3 is 0 Å². The zero-order valence-corrected chi connectivity index (χ0v) is 10.1. The molecule has 2 heterocycles. The number of nitrogens with one attached hydrogen (secondary N) is 1. The van der Waals surface area contributed by atoms with Crippen molar-refractivity contribution in [2.24, 2.45) is 5.92 Å². The lowest BCUT2D eigenvalue weighted by Crippen LogP contribution is -2.51. The van der Waals surface area contributed by atoms with E-state index in [1.54, 1.807) is 0 Å². The van der Waals surface area contributed by atoms with Crippen molar-refractivity contribution >= 4 is 0 Å². The molecular formula is C13H24N2O. The van der Waals surface area contributed by atoms with Crippen LogP contribution in [0.4, 0.5) is 0 Å². The van der Waals surface area contributed by atoms with Crippen LogP contribution in [0.25, 0.3) is 0 Å². The normalized spacial score (nSPS) is 38.8. The monoisotopic (exact) mass is 224 g/mol. The van der Waals surface area contributed by atoms with Crippen LogP contribution in [-0.2, 0) is 0 Å². The maximum absolute atomic E-state index is 10.5. The summed E-state index contributed by atoms with van der Waals surface area (Å²) in [6.45, 7) is 4.46. The Labute approximate surface area is 98.2 Å². The summed E-state index contributed by atoms with van der Waals surface area (Å²) in [5.41, 5.74) is -0.357. The summed E-state index contributed by atoms with van der Waals surface area (Å²) in [5.74, 6) is 0.846. The summed E-state index contributed by atoms with van der Waals surface area (Å²) in [7, 11) is 0. The molecule has 3 heteroatoms. The van der Waals surface area contributed by atoms with Gasteiger partial charge in [0.2, 0.25) is 0 Å². The van der Waals surface area contributed by atoms with E-state index in [-0.39, 0.29) is 5.60 Å². The quantitative estimate of drug-likeness (QED) is 0.734. The Morgan fingerprint density at radius 2 is 2.00 bits per heavy atom. The summed E-state index contributed by atoms with van der Waals surface area (Å²) >= 11 is 0. The highest BCUT2D eigenvalue weighted by Gasteiger charge is 2.40. The molecule has 16 heavy (non-hydrogen) atoms. The molecule has 2 atom stereocenters. The third-order valence-electron chi connectivity index (χ3n) is 4.83. The fourth-order valence-electron chi connectivity index (χ4n) is 3.93. The molecule has 3 nitrogen and oxygen atoms in total. The molecule has 92 valence electrons. The lowest BCUT2D eigenvalue weighted by Gasteiger charge is -2.40.